The quantitative estimate of drug-likeness (QED) is 0.734. The highest BCUT2D eigenvalue weighted by Crippen LogP contribution is 2.38. The third kappa shape index (κ3) is 3.27. The Morgan fingerprint density at radius 3 is 2.65 bits per heavy atom. The fraction of sp³-hybridized carbons (Fsp3) is 0.0588. The van der Waals surface area contributed by atoms with Crippen LogP contribution in [-0.2, 0) is 0 Å². The molecule has 0 saturated heterocycles. The van der Waals surface area contributed by atoms with Gasteiger partial charge in [0.15, 0.2) is 5.75 Å². The Morgan fingerprint density at radius 2 is 1.91 bits per heavy atom. The van der Waals surface area contributed by atoms with Gasteiger partial charge >= 0.3 is 0 Å². The van der Waals surface area contributed by atoms with E-state index in [-0.39, 0.29) is 5.75 Å². The van der Waals surface area contributed by atoms with Crippen molar-refractivity contribution in [3.05, 3.63) is 59.5 Å². The minimum Gasteiger partial charge on any atom is -0.507 e. The van der Waals surface area contributed by atoms with Crippen molar-refractivity contribution in [1.29, 1.82) is 0 Å². The van der Waals surface area contributed by atoms with E-state index in [0.717, 1.165) is 4.47 Å². The number of phenolic OH excluding ortho intramolecular Hbond substituents is 1. The molecule has 0 saturated carbocycles. The maximum Gasteiger partial charge on any atom is 0.172 e. The largest absolute Gasteiger partial charge is 0.507 e. The molecule has 0 radical (unpaired) electrons. The lowest BCUT2D eigenvalue weighted by atomic mass is 10.1. The SMILES string of the molecule is COc1ccc(-c2ncncc2Oc2ccccc2Br)c(O)c1. The van der Waals surface area contributed by atoms with E-state index in [4.69, 9.17) is 9.47 Å². The second-order valence-electron chi connectivity index (χ2n) is 4.65. The third-order valence-corrected chi connectivity index (χ3v) is 3.85. The topological polar surface area (TPSA) is 64.5 Å². The minimum atomic E-state index is 0.0556. The van der Waals surface area contributed by atoms with Crippen molar-refractivity contribution >= 4 is 15.9 Å². The van der Waals surface area contributed by atoms with Crippen molar-refractivity contribution in [2.75, 3.05) is 7.11 Å². The number of rotatable bonds is 4. The first-order valence-corrected chi connectivity index (χ1v) is 7.58. The minimum absolute atomic E-state index is 0.0556. The molecule has 0 aliphatic heterocycles. The molecule has 0 atom stereocenters. The summed E-state index contributed by atoms with van der Waals surface area (Å²) in [5, 5.41) is 10.2. The number of benzene rings is 2. The Hall–Kier alpha value is -2.60. The van der Waals surface area contributed by atoms with Crippen molar-refractivity contribution in [1.82, 2.24) is 9.97 Å². The zero-order valence-corrected chi connectivity index (χ0v) is 13.8. The molecular weight excluding hydrogens is 360 g/mol. The Labute approximate surface area is 141 Å². The number of para-hydroxylation sites is 1. The molecule has 1 aromatic heterocycles. The first kappa shape index (κ1) is 15.3. The van der Waals surface area contributed by atoms with Gasteiger partial charge in [-0.25, -0.2) is 9.97 Å². The van der Waals surface area contributed by atoms with Gasteiger partial charge in [0.05, 0.1) is 17.8 Å². The van der Waals surface area contributed by atoms with E-state index in [2.05, 4.69) is 25.9 Å². The predicted molar refractivity (Wildman–Crippen MR) is 89.9 cm³/mol. The van der Waals surface area contributed by atoms with E-state index in [1.807, 2.05) is 24.3 Å². The van der Waals surface area contributed by atoms with Crippen LogP contribution in [0, 0.1) is 0 Å². The van der Waals surface area contributed by atoms with E-state index >= 15 is 0 Å². The molecule has 1 heterocycles. The molecule has 23 heavy (non-hydrogen) atoms. The highest BCUT2D eigenvalue weighted by molar-refractivity contribution is 9.10. The summed E-state index contributed by atoms with van der Waals surface area (Å²) in [6.45, 7) is 0. The van der Waals surface area contributed by atoms with Crippen molar-refractivity contribution in [2.45, 2.75) is 0 Å². The standard InChI is InChI=1S/C17H13BrN2O3/c1-22-11-6-7-12(14(21)8-11)17-16(9-19-10-20-17)23-15-5-3-2-4-13(15)18/h2-10,21H,1H3. The number of methoxy groups -OCH3 is 1. The van der Waals surface area contributed by atoms with Crippen molar-refractivity contribution in [3.8, 4) is 34.3 Å². The van der Waals surface area contributed by atoms with Crippen molar-refractivity contribution in [2.24, 2.45) is 0 Å². The van der Waals surface area contributed by atoms with Crippen LogP contribution in [0.2, 0.25) is 0 Å². The molecule has 0 aliphatic rings. The second-order valence-corrected chi connectivity index (χ2v) is 5.51. The van der Waals surface area contributed by atoms with E-state index in [1.165, 1.54) is 12.4 Å². The van der Waals surface area contributed by atoms with Crippen molar-refractivity contribution in [3.63, 3.8) is 0 Å². The average molecular weight is 373 g/mol. The molecule has 0 aliphatic carbocycles. The van der Waals surface area contributed by atoms with Gasteiger partial charge in [-0.1, -0.05) is 12.1 Å². The van der Waals surface area contributed by atoms with Gasteiger partial charge in [0, 0.05) is 11.6 Å². The van der Waals surface area contributed by atoms with E-state index in [1.54, 1.807) is 25.4 Å². The van der Waals surface area contributed by atoms with Crippen LogP contribution in [0.4, 0.5) is 0 Å². The van der Waals surface area contributed by atoms with Gasteiger partial charge in [-0.3, -0.25) is 0 Å². The van der Waals surface area contributed by atoms with Crippen LogP contribution < -0.4 is 9.47 Å². The molecule has 2 aromatic carbocycles. The number of aromatic nitrogens is 2. The van der Waals surface area contributed by atoms with Gasteiger partial charge in [-0.15, -0.1) is 0 Å². The first-order valence-electron chi connectivity index (χ1n) is 6.79. The van der Waals surface area contributed by atoms with Gasteiger partial charge in [0.1, 0.15) is 29.3 Å². The highest BCUT2D eigenvalue weighted by atomic mass is 79.9. The number of ether oxygens (including phenoxy) is 2. The summed E-state index contributed by atoms with van der Waals surface area (Å²) in [6, 6.07) is 12.5. The number of phenols is 1. The summed E-state index contributed by atoms with van der Waals surface area (Å²) in [5.74, 6) is 1.70. The summed E-state index contributed by atoms with van der Waals surface area (Å²) in [7, 11) is 1.54. The van der Waals surface area contributed by atoms with Gasteiger partial charge in [-0.2, -0.15) is 0 Å². The van der Waals surface area contributed by atoms with Crippen LogP contribution in [0.1, 0.15) is 0 Å². The number of aromatic hydroxyl groups is 1. The van der Waals surface area contributed by atoms with Crippen LogP contribution in [0.3, 0.4) is 0 Å². The maximum absolute atomic E-state index is 10.2. The summed E-state index contributed by atoms with van der Waals surface area (Å²) in [5.41, 5.74) is 1.03. The molecule has 0 amide bonds. The van der Waals surface area contributed by atoms with Gasteiger partial charge < -0.3 is 14.6 Å². The van der Waals surface area contributed by atoms with Crippen LogP contribution in [-0.4, -0.2) is 22.2 Å². The van der Waals surface area contributed by atoms with Crippen LogP contribution in [0.25, 0.3) is 11.3 Å². The molecule has 5 nitrogen and oxygen atoms in total. The molecule has 3 aromatic rings. The van der Waals surface area contributed by atoms with E-state index < -0.39 is 0 Å². The molecule has 3 rings (SSSR count). The first-order chi connectivity index (χ1) is 11.2. The highest BCUT2D eigenvalue weighted by Gasteiger charge is 2.14. The average Bonchev–Trinajstić information content (AvgIpc) is 2.57. The molecule has 0 bridgehead atoms. The van der Waals surface area contributed by atoms with Crippen LogP contribution in [0.5, 0.6) is 23.0 Å². The fourth-order valence-electron chi connectivity index (χ4n) is 2.08. The maximum atomic E-state index is 10.2. The normalized spacial score (nSPS) is 10.3. The second kappa shape index (κ2) is 6.66. The predicted octanol–water partition coefficient (Wildman–Crippen LogP) is 4.41. The third-order valence-electron chi connectivity index (χ3n) is 3.20. The van der Waals surface area contributed by atoms with Gasteiger partial charge in [-0.05, 0) is 40.2 Å². The van der Waals surface area contributed by atoms with Crippen LogP contribution in [0.15, 0.2) is 59.5 Å². The summed E-state index contributed by atoms with van der Waals surface area (Å²) in [4.78, 5) is 8.24. The fourth-order valence-corrected chi connectivity index (χ4v) is 2.44. The molecule has 0 spiro atoms. The lowest BCUT2D eigenvalue weighted by Crippen LogP contribution is -1.94. The van der Waals surface area contributed by atoms with Gasteiger partial charge in [0.25, 0.3) is 0 Å². The van der Waals surface area contributed by atoms with Gasteiger partial charge in [0.2, 0.25) is 0 Å². The number of hydrogen-bond donors (Lipinski definition) is 1. The Bertz CT molecular complexity index is 840. The zero-order valence-electron chi connectivity index (χ0n) is 12.2. The number of halogens is 1. The number of nitrogens with zero attached hydrogens (tertiary/aromatic N) is 2. The summed E-state index contributed by atoms with van der Waals surface area (Å²) in [6.07, 6.45) is 2.97. The van der Waals surface area contributed by atoms with Crippen molar-refractivity contribution < 1.29 is 14.6 Å². The molecule has 6 heteroatoms. The summed E-state index contributed by atoms with van der Waals surface area (Å²) >= 11 is 3.44. The van der Waals surface area contributed by atoms with E-state index in [0.29, 0.717) is 28.5 Å². The lowest BCUT2D eigenvalue weighted by molar-refractivity contribution is 0.408. The molecule has 0 fully saturated rings. The monoisotopic (exact) mass is 372 g/mol. The van der Waals surface area contributed by atoms with Crippen LogP contribution >= 0.6 is 15.9 Å². The smallest absolute Gasteiger partial charge is 0.172 e. The van der Waals surface area contributed by atoms with E-state index in [9.17, 15) is 5.11 Å². The molecular formula is C17H13BrN2O3. The Balaban J connectivity index is 2.03. The summed E-state index contributed by atoms with van der Waals surface area (Å²) < 4.78 is 11.8. The molecule has 1 N–H and O–H groups in total. The molecule has 0 unspecified atom stereocenters. The zero-order chi connectivity index (χ0) is 16.2. The Morgan fingerprint density at radius 1 is 1.09 bits per heavy atom. The molecule has 116 valence electrons. The Kier molecular flexibility index (Phi) is 4.43. The lowest BCUT2D eigenvalue weighted by Gasteiger charge is -2.12. The number of hydrogen-bond acceptors (Lipinski definition) is 5.